The topological polar surface area (TPSA) is 0 Å². The van der Waals surface area contributed by atoms with E-state index in [1.807, 2.05) is 0 Å². The molecule has 0 fully saturated rings. The Labute approximate surface area is 715 Å². The van der Waals surface area contributed by atoms with Crippen LogP contribution in [0, 0.1) is 6.92 Å². The van der Waals surface area contributed by atoms with Crippen LogP contribution in [-0.4, -0.2) is 6.26 Å². The minimum atomic E-state index is -0.0361. The van der Waals surface area contributed by atoms with E-state index in [2.05, 4.69) is 471 Å². The molecule has 0 aliphatic heterocycles. The lowest BCUT2D eigenvalue weighted by molar-refractivity contribution is 0.589. The lowest BCUT2D eigenvalue weighted by Gasteiger charge is -2.19. The van der Waals surface area contributed by atoms with Crippen LogP contribution >= 0.6 is 0 Å². The highest BCUT2D eigenvalue weighted by atomic mass is 32.2. The molecule has 0 radical (unpaired) electrons. The zero-order valence-corrected chi connectivity index (χ0v) is 75.1. The van der Waals surface area contributed by atoms with Gasteiger partial charge in [-0.2, -0.15) is 0 Å². The van der Waals surface area contributed by atoms with Crippen molar-refractivity contribution in [3.8, 4) is 0 Å². The molecule has 14 rings (SSSR count). The van der Waals surface area contributed by atoms with Crippen molar-refractivity contribution in [1.82, 2.24) is 0 Å². The molecule has 0 atom stereocenters. The van der Waals surface area contributed by atoms with Gasteiger partial charge < -0.3 is 0 Å². The lowest BCUT2D eigenvalue weighted by atomic mass is 9.87. The van der Waals surface area contributed by atoms with Crippen molar-refractivity contribution in [1.29, 1.82) is 0 Å². The predicted octanol–water partition coefficient (Wildman–Crippen LogP) is 31.5. The molecule has 0 bridgehead atoms. The number of aryl methyl sites for hydroxylation is 3. The number of hydrogen-bond donors (Lipinski definition) is 0. The van der Waals surface area contributed by atoms with Gasteiger partial charge in [-0.3, -0.25) is 0 Å². The summed E-state index contributed by atoms with van der Waals surface area (Å²) < 4.78 is 0. The summed E-state index contributed by atoms with van der Waals surface area (Å²) in [6, 6.07) is 141. The first-order valence-corrected chi connectivity index (χ1v) is 48.6. The zero-order valence-electron chi connectivity index (χ0n) is 71.1. The molecule has 0 aliphatic rings. The van der Waals surface area contributed by atoms with E-state index in [1.165, 1.54) is 179 Å². The van der Waals surface area contributed by atoms with Gasteiger partial charge in [-0.1, -0.05) is 345 Å². The molecule has 14 aromatic rings. The Morgan fingerprint density at radius 2 is 0.457 bits per heavy atom. The van der Waals surface area contributed by atoms with Gasteiger partial charge in [0.15, 0.2) is 68.5 Å². The molecule has 0 aliphatic carbocycles. The first-order chi connectivity index (χ1) is 56.5. The van der Waals surface area contributed by atoms with E-state index in [1.54, 1.807) is 0 Å². The van der Waals surface area contributed by atoms with Crippen LogP contribution in [0.2, 0.25) is 0 Å². The fourth-order valence-corrected chi connectivity index (χ4v) is 23.6. The van der Waals surface area contributed by atoms with E-state index in [0.717, 1.165) is 0 Å². The predicted molar refractivity (Wildman–Crippen MR) is 510 cm³/mol. The standard InChI is InChI=1S/C26H31S.C24H27S.C21H21S.C21H29S.C19H17S/c1-2-3-4-5-6-9-14-23-19-21-26(22-20-23)27(24-15-10-7-11-16-24)25-17-12-8-13-18-25;1-2-3-4-7-12-21-17-19-24(20-18-21)25(22-13-8-5-9-14-22)23-15-10-6-11-16-23;1-17(2)18-13-15-21(16-14-18)22(19-9-5-3-6-10-19)20-11-7-4-8-12-20;1-20(2,3)16-8-12-18(13-9-16)22(7)19-14-10-17(11-15-19)21(4,5)6;1-16-10-8-9-15-19(16)20(17-11-4-2-5-12-17)18-13-6-3-7-14-18/h7-8,10-13,15-22H,2-6,9,14H2,1H3;5-6,8-11,13-20H,2-4,7,12H2,1H3;3-17H,1-2H3;8-15H,1-7H3;2-15H,1H3/q5*+1. The summed E-state index contributed by atoms with van der Waals surface area (Å²) in [6.45, 7) is 24.8. The molecule has 0 heterocycles. The van der Waals surface area contributed by atoms with Crippen LogP contribution in [0.5, 0.6) is 0 Å². The third-order valence-electron chi connectivity index (χ3n) is 20.5. The van der Waals surface area contributed by atoms with Crippen molar-refractivity contribution in [3.63, 3.8) is 0 Å². The molecule has 594 valence electrons. The van der Waals surface area contributed by atoms with Gasteiger partial charge in [0.05, 0.1) is 54.5 Å². The average molecular weight is 1620 g/mol. The molecular weight excluding hydrogens is 1490 g/mol. The van der Waals surface area contributed by atoms with Gasteiger partial charge in [-0.25, -0.2) is 0 Å². The van der Waals surface area contributed by atoms with Gasteiger partial charge in [-0.15, -0.1) is 0 Å². The maximum atomic E-state index is 2.34. The second kappa shape index (κ2) is 47.3. The summed E-state index contributed by atoms with van der Waals surface area (Å²) in [5, 5.41) is 0. The Kier molecular flexibility index (Phi) is 36.4. The first-order valence-electron chi connectivity index (χ1n) is 42.1. The minimum Gasteiger partial charge on any atom is -0.0654 e. The number of benzene rings is 14. The zero-order chi connectivity index (χ0) is 81.8. The molecule has 0 unspecified atom stereocenters. The van der Waals surface area contributed by atoms with Gasteiger partial charge in [-0.05, 0) is 241 Å². The Hall–Kier alpha value is -9.17. The van der Waals surface area contributed by atoms with E-state index in [0.29, 0.717) is 5.92 Å². The van der Waals surface area contributed by atoms with Crippen LogP contribution in [0.4, 0.5) is 0 Å². The monoisotopic (exact) mass is 1620 g/mol. The highest BCUT2D eigenvalue weighted by Crippen LogP contribution is 2.37. The van der Waals surface area contributed by atoms with Crippen molar-refractivity contribution in [2.75, 3.05) is 6.26 Å². The van der Waals surface area contributed by atoms with Crippen LogP contribution in [0.3, 0.4) is 0 Å². The Bertz CT molecular complexity index is 4760. The minimum absolute atomic E-state index is 0.0262. The van der Waals surface area contributed by atoms with Crippen molar-refractivity contribution in [2.45, 2.75) is 238 Å². The third kappa shape index (κ3) is 27.7. The number of rotatable bonds is 27. The normalized spacial score (nSPS) is 11.3. The fourth-order valence-electron chi connectivity index (χ4n) is 13.7. The Morgan fingerprint density at radius 3 is 0.724 bits per heavy atom. The summed E-state index contributed by atoms with van der Waals surface area (Å²) in [5.74, 6) is 0.573. The molecule has 5 heteroatoms. The van der Waals surface area contributed by atoms with E-state index in [4.69, 9.17) is 0 Å². The summed E-state index contributed by atoms with van der Waals surface area (Å²) in [5.41, 5.74) is 8.92. The summed E-state index contributed by atoms with van der Waals surface area (Å²) >= 11 is 0. The van der Waals surface area contributed by atoms with E-state index in [9.17, 15) is 0 Å². The number of unbranched alkanes of at least 4 members (excludes halogenated alkanes) is 8. The van der Waals surface area contributed by atoms with Gasteiger partial charge in [0.2, 0.25) is 0 Å². The Balaban J connectivity index is 0.000000154. The fraction of sp³-hybridized carbons (Fsp3) is 0.243. The van der Waals surface area contributed by atoms with Crippen molar-refractivity contribution >= 4 is 54.5 Å². The van der Waals surface area contributed by atoms with Crippen LogP contribution in [-0.2, 0) is 78.1 Å². The summed E-state index contributed by atoms with van der Waals surface area (Å²) in [7, 11) is 0.00505. The van der Waals surface area contributed by atoms with Crippen molar-refractivity contribution in [2.24, 2.45) is 0 Å². The number of hydrogen-bond acceptors (Lipinski definition) is 0. The largest absolute Gasteiger partial charge is 0.169 e. The van der Waals surface area contributed by atoms with Crippen molar-refractivity contribution in [3.05, 3.63) is 422 Å². The van der Waals surface area contributed by atoms with Gasteiger partial charge in [0.1, 0.15) is 6.26 Å². The van der Waals surface area contributed by atoms with E-state index in [-0.39, 0.29) is 65.3 Å². The van der Waals surface area contributed by atoms with Crippen molar-refractivity contribution < 1.29 is 0 Å². The molecule has 0 saturated carbocycles. The molecule has 0 N–H and O–H groups in total. The van der Waals surface area contributed by atoms with Crippen LogP contribution in [0.1, 0.15) is 173 Å². The van der Waals surface area contributed by atoms with Gasteiger partial charge in [0, 0.05) is 5.56 Å². The maximum Gasteiger partial charge on any atom is 0.169 e. The average Bonchev–Trinajstić information content (AvgIpc) is 0.828. The molecule has 0 saturated heterocycles. The molecule has 0 aromatic heterocycles. The second-order valence-electron chi connectivity index (χ2n) is 31.9. The van der Waals surface area contributed by atoms with Gasteiger partial charge in [0.25, 0.3) is 0 Å². The van der Waals surface area contributed by atoms with Crippen LogP contribution in [0.15, 0.2) is 457 Å². The lowest BCUT2D eigenvalue weighted by Crippen LogP contribution is -2.12. The molecule has 0 spiro atoms. The second-order valence-corrected chi connectivity index (χ2v) is 41.9. The molecule has 116 heavy (non-hydrogen) atoms. The SMILES string of the molecule is CC(C)c1ccc([S+](c2ccccc2)c2ccccc2)cc1.CCCCCCCCc1ccc([S+](c2ccccc2)c2ccccc2)cc1.CCCCCCc1ccc([S+](c2ccccc2)c2ccccc2)cc1.C[S+](c1ccc(C(C)(C)C)cc1)c1ccc(C(C)(C)C)cc1.Cc1ccccc1[S+](c1ccccc1)c1ccccc1. The van der Waals surface area contributed by atoms with Crippen LogP contribution in [0.25, 0.3) is 0 Å². The highest BCUT2D eigenvalue weighted by Gasteiger charge is 2.33. The molecule has 14 aromatic carbocycles. The third-order valence-corrected chi connectivity index (χ3v) is 31.6. The van der Waals surface area contributed by atoms with E-state index < -0.39 is 0 Å². The highest BCUT2D eigenvalue weighted by molar-refractivity contribution is 7.98. The summed E-state index contributed by atoms with van der Waals surface area (Å²) in [6.07, 6.45) is 18.2. The van der Waals surface area contributed by atoms with Gasteiger partial charge >= 0.3 is 0 Å². The maximum absolute atomic E-state index is 2.34. The molecular formula is C111H125S5+5. The van der Waals surface area contributed by atoms with E-state index >= 15 is 0 Å². The Morgan fingerprint density at radius 1 is 0.233 bits per heavy atom. The first kappa shape index (κ1) is 89.2. The smallest absolute Gasteiger partial charge is 0.0654 e. The molecule has 0 nitrogen and oxygen atoms in total. The molecule has 0 amide bonds. The van der Waals surface area contributed by atoms with Crippen LogP contribution < -0.4 is 0 Å². The quantitative estimate of drug-likeness (QED) is 0.0356. The summed E-state index contributed by atoms with van der Waals surface area (Å²) in [4.78, 5) is 19.4.